The summed E-state index contributed by atoms with van der Waals surface area (Å²) in [6, 6.07) is 13.5. The predicted octanol–water partition coefficient (Wildman–Crippen LogP) is 4.80. The Morgan fingerprint density at radius 1 is 1.24 bits per heavy atom. The minimum Gasteiger partial charge on any atom is -0.374 e. The van der Waals surface area contributed by atoms with Gasteiger partial charge in [0.15, 0.2) is 0 Å². The molecule has 0 aliphatic rings. The van der Waals surface area contributed by atoms with Gasteiger partial charge in [-0.2, -0.15) is 0 Å². The fraction of sp³-hybridized carbons (Fsp3) is 0.188. The number of carbonyl (C=O) groups is 1. The van der Waals surface area contributed by atoms with Gasteiger partial charge in [0.2, 0.25) is 5.91 Å². The number of carbonyl (C=O) groups excluding carboxylic acids is 1. The third-order valence-corrected chi connectivity index (χ3v) is 4.31. The van der Waals surface area contributed by atoms with Crippen LogP contribution in [-0.2, 0) is 4.79 Å². The highest BCUT2D eigenvalue weighted by Gasteiger charge is 2.14. The maximum Gasteiger partial charge on any atom is 0.246 e. The molecule has 0 saturated carbocycles. The normalized spacial score (nSPS) is 11.8. The molecule has 2 rings (SSSR count). The monoisotopic (exact) mass is 458 g/mol. The van der Waals surface area contributed by atoms with Crippen molar-refractivity contribution in [2.45, 2.75) is 19.9 Å². The Morgan fingerprint density at radius 3 is 2.67 bits per heavy atom. The summed E-state index contributed by atoms with van der Waals surface area (Å²) >= 11 is 5.71. The lowest BCUT2D eigenvalue weighted by Crippen LogP contribution is -2.32. The van der Waals surface area contributed by atoms with Gasteiger partial charge in [-0.25, -0.2) is 0 Å². The predicted molar refractivity (Wildman–Crippen MR) is 99.8 cm³/mol. The summed E-state index contributed by atoms with van der Waals surface area (Å²) in [4.78, 5) is 12.2. The minimum atomic E-state index is -0.323. The van der Waals surface area contributed by atoms with E-state index in [1.165, 1.54) is 0 Å². The van der Waals surface area contributed by atoms with Crippen LogP contribution in [0.2, 0.25) is 0 Å². The average Bonchev–Trinajstić information content (AvgIpc) is 2.41. The Bertz CT molecular complexity index is 660. The Balaban J connectivity index is 2.02. The van der Waals surface area contributed by atoms with Gasteiger partial charge in [-0.3, -0.25) is 4.79 Å². The van der Waals surface area contributed by atoms with E-state index in [4.69, 9.17) is 0 Å². The van der Waals surface area contributed by atoms with Gasteiger partial charge in [0.05, 0.1) is 5.69 Å². The molecule has 1 atom stereocenters. The molecule has 0 fully saturated rings. The number of rotatable bonds is 4. The fourth-order valence-electron chi connectivity index (χ4n) is 1.86. The molecule has 1 unspecified atom stereocenters. The summed E-state index contributed by atoms with van der Waals surface area (Å²) in [5.74, 6) is -0.0709. The lowest BCUT2D eigenvalue weighted by molar-refractivity contribution is -0.116. The Labute approximate surface area is 146 Å². The molecule has 2 aromatic rings. The molecule has 0 radical (unpaired) electrons. The van der Waals surface area contributed by atoms with Crippen molar-refractivity contribution >= 4 is 55.8 Å². The number of nitrogens with one attached hydrogen (secondary N) is 2. The van der Waals surface area contributed by atoms with Gasteiger partial charge in [0.1, 0.15) is 6.04 Å². The van der Waals surface area contributed by atoms with Crippen molar-refractivity contribution in [2.75, 3.05) is 10.6 Å². The van der Waals surface area contributed by atoms with E-state index in [1.54, 1.807) is 0 Å². The molecular weight excluding hydrogens is 443 g/mol. The summed E-state index contributed by atoms with van der Waals surface area (Å²) in [7, 11) is 0. The van der Waals surface area contributed by atoms with Crippen LogP contribution in [0.25, 0.3) is 0 Å². The summed E-state index contributed by atoms with van der Waals surface area (Å²) in [6.07, 6.45) is 0. The lowest BCUT2D eigenvalue weighted by Gasteiger charge is -2.16. The molecule has 110 valence electrons. The smallest absolute Gasteiger partial charge is 0.246 e. The quantitative estimate of drug-likeness (QED) is 0.646. The summed E-state index contributed by atoms with van der Waals surface area (Å²) in [5, 5.41) is 6.12. The van der Waals surface area contributed by atoms with Crippen molar-refractivity contribution in [3.63, 3.8) is 0 Å². The topological polar surface area (TPSA) is 41.1 Å². The van der Waals surface area contributed by atoms with E-state index in [1.807, 2.05) is 56.3 Å². The standard InChI is InChI=1S/C16H16BrIN2O/c1-10-6-7-15(14(17)8-10)20-16(21)11(2)19-13-5-3-4-12(18)9-13/h3-9,11,19H,1-2H3,(H,20,21). The third kappa shape index (κ3) is 4.71. The Hall–Kier alpha value is -1.08. The van der Waals surface area contributed by atoms with E-state index in [0.717, 1.165) is 25.0 Å². The minimum absolute atomic E-state index is 0.0709. The molecular formula is C16H16BrIN2O. The van der Waals surface area contributed by atoms with Crippen LogP contribution in [0, 0.1) is 10.5 Å². The van der Waals surface area contributed by atoms with E-state index in [2.05, 4.69) is 49.2 Å². The van der Waals surface area contributed by atoms with Crippen LogP contribution in [0.3, 0.4) is 0 Å². The van der Waals surface area contributed by atoms with Crippen LogP contribution < -0.4 is 10.6 Å². The van der Waals surface area contributed by atoms with Gasteiger partial charge in [0, 0.05) is 13.7 Å². The zero-order chi connectivity index (χ0) is 15.4. The first-order chi connectivity index (χ1) is 9.95. The van der Waals surface area contributed by atoms with E-state index in [-0.39, 0.29) is 11.9 Å². The van der Waals surface area contributed by atoms with Gasteiger partial charge in [-0.15, -0.1) is 0 Å². The molecule has 1 amide bonds. The number of aryl methyl sites for hydroxylation is 1. The first-order valence-corrected chi connectivity index (χ1v) is 8.42. The summed E-state index contributed by atoms with van der Waals surface area (Å²) in [5.41, 5.74) is 2.86. The molecule has 0 spiro atoms. The van der Waals surface area contributed by atoms with Gasteiger partial charge in [-0.05, 0) is 88.3 Å². The van der Waals surface area contributed by atoms with E-state index in [0.29, 0.717) is 0 Å². The molecule has 21 heavy (non-hydrogen) atoms. The molecule has 0 heterocycles. The highest BCUT2D eigenvalue weighted by molar-refractivity contribution is 14.1. The van der Waals surface area contributed by atoms with Gasteiger partial charge in [-0.1, -0.05) is 12.1 Å². The number of amides is 1. The molecule has 0 bridgehead atoms. The maximum atomic E-state index is 12.2. The molecule has 3 nitrogen and oxygen atoms in total. The van der Waals surface area contributed by atoms with Crippen molar-refractivity contribution in [1.82, 2.24) is 0 Å². The zero-order valence-electron chi connectivity index (χ0n) is 11.8. The number of hydrogen-bond donors (Lipinski definition) is 2. The molecule has 0 aromatic heterocycles. The van der Waals surface area contributed by atoms with Crippen LogP contribution in [0.4, 0.5) is 11.4 Å². The number of hydrogen-bond acceptors (Lipinski definition) is 2. The molecule has 0 aliphatic carbocycles. The SMILES string of the molecule is Cc1ccc(NC(=O)C(C)Nc2cccc(I)c2)c(Br)c1. The fourth-order valence-corrected chi connectivity index (χ4v) is 2.99. The Morgan fingerprint density at radius 2 is 2.00 bits per heavy atom. The van der Waals surface area contributed by atoms with Gasteiger partial charge < -0.3 is 10.6 Å². The van der Waals surface area contributed by atoms with Crippen LogP contribution in [0.5, 0.6) is 0 Å². The Kier molecular flexibility index (Phi) is 5.64. The van der Waals surface area contributed by atoms with Crippen LogP contribution in [0.15, 0.2) is 46.9 Å². The van der Waals surface area contributed by atoms with Crippen LogP contribution >= 0.6 is 38.5 Å². The zero-order valence-corrected chi connectivity index (χ0v) is 15.5. The van der Waals surface area contributed by atoms with Crippen LogP contribution in [-0.4, -0.2) is 11.9 Å². The highest BCUT2D eigenvalue weighted by atomic mass is 127. The number of anilines is 2. The van der Waals surface area contributed by atoms with Crippen molar-refractivity contribution in [3.05, 3.63) is 56.1 Å². The number of halogens is 2. The van der Waals surface area contributed by atoms with Crippen LogP contribution in [0.1, 0.15) is 12.5 Å². The molecule has 5 heteroatoms. The van der Waals surface area contributed by atoms with E-state index >= 15 is 0 Å². The first kappa shape index (κ1) is 16.3. The average molecular weight is 459 g/mol. The number of benzene rings is 2. The summed E-state index contributed by atoms with van der Waals surface area (Å²) < 4.78 is 2.02. The second kappa shape index (κ2) is 7.26. The molecule has 2 N–H and O–H groups in total. The van der Waals surface area contributed by atoms with E-state index in [9.17, 15) is 4.79 Å². The van der Waals surface area contributed by atoms with Gasteiger partial charge >= 0.3 is 0 Å². The third-order valence-electron chi connectivity index (χ3n) is 2.98. The second-order valence-electron chi connectivity index (χ2n) is 4.85. The summed E-state index contributed by atoms with van der Waals surface area (Å²) in [6.45, 7) is 3.86. The highest BCUT2D eigenvalue weighted by Crippen LogP contribution is 2.23. The lowest BCUT2D eigenvalue weighted by atomic mass is 10.2. The van der Waals surface area contributed by atoms with Crippen molar-refractivity contribution < 1.29 is 4.79 Å². The maximum absolute atomic E-state index is 12.2. The molecule has 0 saturated heterocycles. The molecule has 2 aromatic carbocycles. The molecule has 0 aliphatic heterocycles. The second-order valence-corrected chi connectivity index (χ2v) is 6.95. The van der Waals surface area contributed by atoms with Crippen molar-refractivity contribution in [1.29, 1.82) is 0 Å². The first-order valence-electron chi connectivity index (χ1n) is 6.55. The van der Waals surface area contributed by atoms with E-state index < -0.39 is 0 Å². The van der Waals surface area contributed by atoms with Gasteiger partial charge in [0.25, 0.3) is 0 Å². The largest absolute Gasteiger partial charge is 0.374 e. The van der Waals surface area contributed by atoms with Crippen molar-refractivity contribution in [2.24, 2.45) is 0 Å². The van der Waals surface area contributed by atoms with Crippen molar-refractivity contribution in [3.8, 4) is 0 Å².